The average molecular weight is 345 g/mol. The molecule has 1 N–H and O–H groups in total. The van der Waals surface area contributed by atoms with E-state index >= 15 is 0 Å². The zero-order chi connectivity index (χ0) is 14.8. The van der Waals surface area contributed by atoms with Gasteiger partial charge in [0, 0.05) is 17.4 Å². The van der Waals surface area contributed by atoms with Gasteiger partial charge in [-0.3, -0.25) is 4.79 Å². The molecule has 0 aliphatic rings. The molecule has 1 heterocycles. The first kappa shape index (κ1) is 13.9. The summed E-state index contributed by atoms with van der Waals surface area (Å²) in [5, 5.41) is 9.80. The van der Waals surface area contributed by atoms with Crippen molar-refractivity contribution >= 4 is 32.9 Å². The summed E-state index contributed by atoms with van der Waals surface area (Å²) in [5.41, 5.74) is 3.86. The summed E-state index contributed by atoms with van der Waals surface area (Å²) in [5.74, 6) is -0.785. The van der Waals surface area contributed by atoms with Gasteiger partial charge in [-0.15, -0.1) is 0 Å². The number of benzene rings is 2. The molecule has 0 amide bonds. The predicted molar refractivity (Wildman–Crippen MR) is 85.3 cm³/mol. The first-order chi connectivity index (χ1) is 10.1. The maximum atomic E-state index is 10.7. The number of hydrogen-bond donors (Lipinski definition) is 1. The van der Waals surface area contributed by atoms with E-state index in [-0.39, 0.29) is 6.42 Å². The van der Waals surface area contributed by atoms with Crippen LogP contribution in [0.15, 0.2) is 57.6 Å². The predicted octanol–water partition coefficient (Wildman–Crippen LogP) is 4.88. The molecule has 0 saturated carbocycles. The largest absolute Gasteiger partial charge is 0.481 e. The zero-order valence-corrected chi connectivity index (χ0v) is 12.8. The summed E-state index contributed by atoms with van der Waals surface area (Å²) in [6.45, 7) is 0. The Morgan fingerprint density at radius 2 is 1.90 bits per heavy atom. The van der Waals surface area contributed by atoms with E-state index in [1.54, 1.807) is 0 Å². The maximum absolute atomic E-state index is 10.7. The number of aryl methyl sites for hydroxylation is 1. The van der Waals surface area contributed by atoms with Crippen molar-refractivity contribution < 1.29 is 14.3 Å². The number of hydrogen-bond acceptors (Lipinski definition) is 2. The fourth-order valence-electron chi connectivity index (χ4n) is 2.40. The van der Waals surface area contributed by atoms with Crippen LogP contribution in [0.5, 0.6) is 0 Å². The van der Waals surface area contributed by atoms with Crippen LogP contribution in [0.25, 0.3) is 22.1 Å². The molecule has 106 valence electrons. The van der Waals surface area contributed by atoms with E-state index in [1.165, 1.54) is 0 Å². The zero-order valence-electron chi connectivity index (χ0n) is 11.2. The number of furan rings is 1. The van der Waals surface area contributed by atoms with Crippen LogP contribution in [0.1, 0.15) is 12.0 Å². The number of carboxylic acids is 1. The Balaban J connectivity index is 2.09. The fraction of sp³-hybridized carbons (Fsp3) is 0.118. The number of carbonyl (C=O) groups is 1. The van der Waals surface area contributed by atoms with Crippen molar-refractivity contribution in [2.24, 2.45) is 0 Å². The third kappa shape index (κ3) is 2.85. The van der Waals surface area contributed by atoms with Crippen molar-refractivity contribution in [2.75, 3.05) is 0 Å². The van der Waals surface area contributed by atoms with Gasteiger partial charge in [0.25, 0.3) is 0 Å². The summed E-state index contributed by atoms with van der Waals surface area (Å²) in [4.78, 5) is 10.7. The molecule has 3 aromatic rings. The van der Waals surface area contributed by atoms with Gasteiger partial charge in [-0.25, -0.2) is 0 Å². The standard InChI is InChI=1S/C17H13BrO3/c18-17-16(12-4-2-1-3-5-12)13-10-11(7-9-15(19)20)6-8-14(13)21-17/h1-6,8,10H,7,9H2,(H,19,20). The molecule has 4 heteroatoms. The molecule has 0 atom stereocenters. The van der Waals surface area contributed by atoms with Crippen molar-refractivity contribution in [1.82, 2.24) is 0 Å². The van der Waals surface area contributed by atoms with Crippen LogP contribution in [-0.2, 0) is 11.2 Å². The van der Waals surface area contributed by atoms with Crippen molar-refractivity contribution in [2.45, 2.75) is 12.8 Å². The minimum Gasteiger partial charge on any atom is -0.481 e. The van der Waals surface area contributed by atoms with Crippen LogP contribution in [0.3, 0.4) is 0 Å². The minimum absolute atomic E-state index is 0.130. The molecule has 2 aromatic carbocycles. The Labute approximate surface area is 130 Å². The van der Waals surface area contributed by atoms with Gasteiger partial charge >= 0.3 is 5.97 Å². The van der Waals surface area contributed by atoms with E-state index in [1.807, 2.05) is 48.5 Å². The van der Waals surface area contributed by atoms with Gasteiger partial charge in [0.1, 0.15) is 5.58 Å². The van der Waals surface area contributed by atoms with E-state index < -0.39 is 5.97 Å². The molecule has 0 aliphatic heterocycles. The van der Waals surface area contributed by atoms with Crippen LogP contribution < -0.4 is 0 Å². The second-order valence-corrected chi connectivity index (χ2v) is 5.56. The van der Waals surface area contributed by atoms with Gasteiger partial charge in [0.15, 0.2) is 4.67 Å². The second kappa shape index (κ2) is 5.74. The normalized spacial score (nSPS) is 10.9. The van der Waals surface area contributed by atoms with Gasteiger partial charge in [0.05, 0.1) is 0 Å². The summed E-state index contributed by atoms with van der Waals surface area (Å²) < 4.78 is 6.43. The summed E-state index contributed by atoms with van der Waals surface area (Å²) in [6.07, 6.45) is 0.646. The smallest absolute Gasteiger partial charge is 0.303 e. The van der Waals surface area contributed by atoms with Crippen LogP contribution >= 0.6 is 15.9 Å². The Hall–Kier alpha value is -2.07. The summed E-state index contributed by atoms with van der Waals surface area (Å²) in [6, 6.07) is 15.8. The lowest BCUT2D eigenvalue weighted by molar-refractivity contribution is -0.136. The fourth-order valence-corrected chi connectivity index (χ4v) is 3.01. The van der Waals surface area contributed by atoms with Gasteiger partial charge in [-0.1, -0.05) is 36.4 Å². The lowest BCUT2D eigenvalue weighted by Crippen LogP contribution is -1.97. The van der Waals surface area contributed by atoms with E-state index in [9.17, 15) is 4.79 Å². The molecular weight excluding hydrogens is 332 g/mol. The Bertz CT molecular complexity index is 790. The number of halogens is 1. The average Bonchev–Trinajstić information content (AvgIpc) is 2.81. The van der Waals surface area contributed by atoms with E-state index in [0.717, 1.165) is 27.7 Å². The maximum Gasteiger partial charge on any atom is 0.303 e. The molecule has 0 bridgehead atoms. The highest BCUT2D eigenvalue weighted by molar-refractivity contribution is 9.10. The van der Waals surface area contributed by atoms with Gasteiger partial charge in [-0.2, -0.15) is 0 Å². The molecule has 1 aromatic heterocycles. The molecule has 3 rings (SSSR count). The highest BCUT2D eigenvalue weighted by atomic mass is 79.9. The minimum atomic E-state index is -0.785. The lowest BCUT2D eigenvalue weighted by Gasteiger charge is -2.02. The molecular formula is C17H13BrO3. The third-order valence-corrected chi connectivity index (χ3v) is 3.96. The second-order valence-electron chi connectivity index (χ2n) is 4.84. The first-order valence-corrected chi connectivity index (χ1v) is 7.42. The number of fused-ring (bicyclic) bond motifs is 1. The number of aliphatic carboxylic acids is 1. The Kier molecular flexibility index (Phi) is 3.80. The van der Waals surface area contributed by atoms with Crippen LogP contribution in [-0.4, -0.2) is 11.1 Å². The van der Waals surface area contributed by atoms with Crippen molar-refractivity contribution in [3.8, 4) is 11.1 Å². The van der Waals surface area contributed by atoms with Crippen LogP contribution in [0, 0.1) is 0 Å². The number of carboxylic acid groups (broad SMARTS) is 1. The SMILES string of the molecule is O=C(O)CCc1ccc2oc(Br)c(-c3ccccc3)c2c1. The van der Waals surface area contributed by atoms with Gasteiger partial charge in [-0.05, 0) is 45.6 Å². The Morgan fingerprint density at radius 1 is 1.14 bits per heavy atom. The van der Waals surface area contributed by atoms with Crippen LogP contribution in [0.2, 0.25) is 0 Å². The topological polar surface area (TPSA) is 50.4 Å². The summed E-state index contributed by atoms with van der Waals surface area (Å²) in [7, 11) is 0. The molecule has 0 unspecified atom stereocenters. The van der Waals surface area contributed by atoms with Crippen molar-refractivity contribution in [3.63, 3.8) is 0 Å². The van der Waals surface area contributed by atoms with Gasteiger partial charge < -0.3 is 9.52 Å². The first-order valence-electron chi connectivity index (χ1n) is 6.63. The highest BCUT2D eigenvalue weighted by Gasteiger charge is 2.14. The van der Waals surface area contributed by atoms with Crippen molar-refractivity contribution in [3.05, 3.63) is 58.8 Å². The molecule has 0 fully saturated rings. The molecule has 3 nitrogen and oxygen atoms in total. The molecule has 0 saturated heterocycles. The third-order valence-electron chi connectivity index (χ3n) is 3.40. The van der Waals surface area contributed by atoms with E-state index in [0.29, 0.717) is 11.1 Å². The van der Waals surface area contributed by atoms with Gasteiger partial charge in [0.2, 0.25) is 0 Å². The van der Waals surface area contributed by atoms with E-state index in [2.05, 4.69) is 15.9 Å². The monoisotopic (exact) mass is 344 g/mol. The van der Waals surface area contributed by atoms with E-state index in [4.69, 9.17) is 9.52 Å². The highest BCUT2D eigenvalue weighted by Crippen LogP contribution is 2.38. The molecule has 0 spiro atoms. The Morgan fingerprint density at radius 3 is 2.62 bits per heavy atom. The van der Waals surface area contributed by atoms with Crippen molar-refractivity contribution in [1.29, 1.82) is 0 Å². The summed E-state index contributed by atoms with van der Waals surface area (Å²) >= 11 is 3.47. The van der Waals surface area contributed by atoms with Crippen LogP contribution in [0.4, 0.5) is 0 Å². The number of rotatable bonds is 4. The molecule has 21 heavy (non-hydrogen) atoms. The lowest BCUT2D eigenvalue weighted by atomic mass is 10.0. The quantitative estimate of drug-likeness (QED) is 0.733. The molecule has 0 aliphatic carbocycles. The molecule has 0 radical (unpaired) electrons.